The van der Waals surface area contributed by atoms with E-state index in [2.05, 4.69) is 20.2 Å². The largest absolute Gasteiger partial charge is 0.481 e. The molecule has 0 atom stereocenters. The minimum Gasteiger partial charge on any atom is -0.481 e. The van der Waals surface area contributed by atoms with E-state index in [1.165, 1.54) is 0 Å². The molecule has 0 amide bonds. The van der Waals surface area contributed by atoms with E-state index < -0.39 is 0 Å². The third kappa shape index (κ3) is 4.34. The van der Waals surface area contributed by atoms with Crippen molar-refractivity contribution >= 4 is 0 Å². The molecule has 0 N–H and O–H groups in total. The lowest BCUT2D eigenvalue weighted by Crippen LogP contribution is -2.50. The lowest BCUT2D eigenvalue weighted by Gasteiger charge is -2.40. The Morgan fingerprint density at radius 1 is 0.806 bits per heavy atom. The van der Waals surface area contributed by atoms with Gasteiger partial charge in [0, 0.05) is 6.42 Å². The smallest absolute Gasteiger partial charge is 0.225 e. The Hall–Kier alpha value is -4.44. The summed E-state index contributed by atoms with van der Waals surface area (Å²) in [5.41, 5.74) is 5.76. The van der Waals surface area contributed by atoms with Crippen molar-refractivity contribution in [3.63, 3.8) is 0 Å². The average molecular weight is 481 g/mol. The molecule has 0 radical (unpaired) electrons. The van der Waals surface area contributed by atoms with Crippen LogP contribution in [0.15, 0.2) is 79.4 Å². The summed E-state index contributed by atoms with van der Waals surface area (Å²) in [4.78, 5) is 12.3. The Balaban J connectivity index is 1.34. The third-order valence-corrected chi connectivity index (χ3v) is 6.55. The van der Waals surface area contributed by atoms with Gasteiger partial charge < -0.3 is 9.22 Å². The van der Waals surface area contributed by atoms with E-state index in [1.54, 1.807) is 23.0 Å². The second-order valence-electron chi connectivity index (χ2n) is 9.02. The molecule has 0 fully saturated rings. The fourth-order valence-electron chi connectivity index (χ4n) is 4.86. The fraction of sp³-hybridized carbons (Fsp3) is 0.231. The van der Waals surface area contributed by atoms with Gasteiger partial charge in [-0.2, -0.15) is 19.8 Å². The molecule has 3 aromatic heterocycles. The van der Waals surface area contributed by atoms with Crippen LogP contribution in [0.4, 0.5) is 0 Å². The normalized spacial score (nSPS) is 14.4. The quantitative estimate of drug-likeness (QED) is 0.331. The molecule has 36 heavy (non-hydrogen) atoms. The van der Waals surface area contributed by atoms with Crippen LogP contribution in [0.1, 0.15) is 22.6 Å². The maximum Gasteiger partial charge on any atom is 0.225 e. The number of ether oxygens (including phenoxy) is 1. The van der Waals surface area contributed by atoms with Gasteiger partial charge in [-0.25, -0.2) is 9.97 Å². The number of hydrogen-bond acceptors (Lipinski definition) is 7. The molecule has 5 aromatic rings. The Morgan fingerprint density at radius 2 is 1.39 bits per heavy atom. The number of quaternary nitrogens is 1. The SMILES string of the molecule is COc1ncnc2c1C[N+](Cc1cnn(-c3ccccc3)n1)(Cc1cnn(-c3ccccc3)n1)CC2. The first-order chi connectivity index (χ1) is 17.7. The highest BCUT2D eigenvalue weighted by molar-refractivity contribution is 5.31. The first kappa shape index (κ1) is 22.1. The van der Waals surface area contributed by atoms with Gasteiger partial charge in [0.2, 0.25) is 5.88 Å². The summed E-state index contributed by atoms with van der Waals surface area (Å²) in [6.45, 7) is 2.95. The number of methoxy groups -OCH3 is 1. The highest BCUT2D eigenvalue weighted by atomic mass is 16.5. The number of para-hydroxylation sites is 2. The molecule has 4 heterocycles. The van der Waals surface area contributed by atoms with Crippen LogP contribution in [-0.4, -0.2) is 58.1 Å². The monoisotopic (exact) mass is 480 g/mol. The molecule has 0 saturated carbocycles. The van der Waals surface area contributed by atoms with Crippen molar-refractivity contribution in [1.82, 2.24) is 40.0 Å². The van der Waals surface area contributed by atoms with Crippen LogP contribution in [0.3, 0.4) is 0 Å². The summed E-state index contributed by atoms with van der Waals surface area (Å²) in [5.74, 6) is 0.628. The standard InChI is InChI=1S/C26H26N9O/c1-36-26-24-18-35(13-12-25(24)27-19-28-26,16-20-14-29-33(31-20)22-8-4-2-5-9-22)17-21-15-30-34(32-21)23-10-6-3-7-11-23/h2-11,14-15,19H,12-13,16-18H2,1H3/q+1. The van der Waals surface area contributed by atoms with Crippen LogP contribution in [-0.2, 0) is 26.1 Å². The Morgan fingerprint density at radius 3 is 1.94 bits per heavy atom. The predicted octanol–water partition coefficient (Wildman–Crippen LogP) is 2.92. The van der Waals surface area contributed by atoms with Gasteiger partial charge in [-0.15, -0.1) is 10.2 Å². The zero-order chi connectivity index (χ0) is 24.4. The molecule has 1 aliphatic heterocycles. The third-order valence-electron chi connectivity index (χ3n) is 6.55. The van der Waals surface area contributed by atoms with Crippen molar-refractivity contribution in [1.29, 1.82) is 0 Å². The average Bonchev–Trinajstić information content (AvgIpc) is 3.59. The van der Waals surface area contributed by atoms with Crippen molar-refractivity contribution in [2.24, 2.45) is 0 Å². The fourth-order valence-corrected chi connectivity index (χ4v) is 4.86. The molecule has 1 aliphatic rings. The van der Waals surface area contributed by atoms with Crippen molar-refractivity contribution in [3.8, 4) is 17.3 Å². The molecular formula is C26H26N9O+. The van der Waals surface area contributed by atoms with Gasteiger partial charge in [0.05, 0.1) is 48.7 Å². The molecule has 10 nitrogen and oxygen atoms in total. The lowest BCUT2D eigenvalue weighted by molar-refractivity contribution is -0.968. The first-order valence-electron chi connectivity index (χ1n) is 11.9. The predicted molar refractivity (Wildman–Crippen MR) is 131 cm³/mol. The molecule has 180 valence electrons. The number of benzene rings is 2. The van der Waals surface area contributed by atoms with Crippen LogP contribution in [0.5, 0.6) is 5.88 Å². The highest BCUT2D eigenvalue weighted by Gasteiger charge is 2.38. The highest BCUT2D eigenvalue weighted by Crippen LogP contribution is 2.32. The van der Waals surface area contributed by atoms with Crippen LogP contribution in [0.25, 0.3) is 11.4 Å². The van der Waals surface area contributed by atoms with E-state index in [0.29, 0.717) is 30.0 Å². The first-order valence-corrected chi connectivity index (χ1v) is 11.9. The van der Waals surface area contributed by atoms with E-state index in [0.717, 1.165) is 47.0 Å². The van der Waals surface area contributed by atoms with Crippen molar-refractivity contribution in [2.75, 3.05) is 13.7 Å². The van der Waals surface area contributed by atoms with Crippen molar-refractivity contribution in [3.05, 3.63) is 102 Å². The minimum atomic E-state index is 0.628. The van der Waals surface area contributed by atoms with E-state index >= 15 is 0 Å². The minimum absolute atomic E-state index is 0.628. The molecular weight excluding hydrogens is 454 g/mol. The zero-order valence-corrected chi connectivity index (χ0v) is 20.0. The Bertz CT molecular complexity index is 1370. The summed E-state index contributed by atoms with van der Waals surface area (Å²) < 4.78 is 6.30. The molecule has 0 spiro atoms. The number of hydrogen-bond donors (Lipinski definition) is 0. The maximum atomic E-state index is 5.60. The van der Waals surface area contributed by atoms with Gasteiger partial charge in [0.15, 0.2) is 0 Å². The maximum absolute atomic E-state index is 5.60. The molecule has 6 rings (SSSR count). The van der Waals surface area contributed by atoms with Crippen molar-refractivity contribution in [2.45, 2.75) is 26.1 Å². The second-order valence-corrected chi connectivity index (χ2v) is 9.02. The van der Waals surface area contributed by atoms with Gasteiger partial charge in [0.25, 0.3) is 0 Å². The number of nitrogens with zero attached hydrogens (tertiary/aromatic N) is 9. The summed E-state index contributed by atoms with van der Waals surface area (Å²) in [6.07, 6.45) is 6.09. The van der Waals surface area contributed by atoms with E-state index in [4.69, 9.17) is 14.9 Å². The van der Waals surface area contributed by atoms with Gasteiger partial charge in [-0.1, -0.05) is 36.4 Å². The molecule has 0 saturated heterocycles. The van der Waals surface area contributed by atoms with Crippen LogP contribution >= 0.6 is 0 Å². The van der Waals surface area contributed by atoms with E-state index in [-0.39, 0.29) is 0 Å². The summed E-state index contributed by atoms with van der Waals surface area (Å²) in [5, 5.41) is 18.6. The number of fused-ring (bicyclic) bond motifs is 1. The molecule has 10 heteroatoms. The molecule has 0 aliphatic carbocycles. The zero-order valence-electron chi connectivity index (χ0n) is 20.0. The topological polar surface area (TPSA) is 96.4 Å². The molecule has 0 unspecified atom stereocenters. The van der Waals surface area contributed by atoms with Crippen LogP contribution < -0.4 is 4.74 Å². The molecule has 0 bridgehead atoms. The van der Waals surface area contributed by atoms with Crippen LogP contribution in [0.2, 0.25) is 0 Å². The number of aromatic nitrogens is 8. The summed E-state index contributed by atoms with van der Waals surface area (Å²) in [7, 11) is 1.66. The van der Waals surface area contributed by atoms with E-state index in [1.807, 2.05) is 73.1 Å². The molecule has 2 aromatic carbocycles. The van der Waals surface area contributed by atoms with Gasteiger partial charge >= 0.3 is 0 Å². The summed E-state index contributed by atoms with van der Waals surface area (Å²) >= 11 is 0. The Labute approximate surface area is 208 Å². The van der Waals surface area contributed by atoms with Gasteiger partial charge in [0.1, 0.15) is 37.3 Å². The van der Waals surface area contributed by atoms with Gasteiger partial charge in [-0.3, -0.25) is 0 Å². The number of rotatable bonds is 7. The van der Waals surface area contributed by atoms with Crippen molar-refractivity contribution < 1.29 is 9.22 Å². The lowest BCUT2D eigenvalue weighted by atomic mass is 10.0. The van der Waals surface area contributed by atoms with Gasteiger partial charge in [-0.05, 0) is 24.3 Å². The van der Waals surface area contributed by atoms with E-state index in [9.17, 15) is 0 Å². The van der Waals surface area contributed by atoms with Crippen LogP contribution in [0, 0.1) is 0 Å². The Kier molecular flexibility index (Phi) is 5.70. The summed E-state index contributed by atoms with van der Waals surface area (Å²) in [6, 6.07) is 19.9. The second kappa shape index (κ2) is 9.31.